The molecule has 1 aromatic heterocycles. The van der Waals surface area contributed by atoms with Gasteiger partial charge >= 0.3 is 5.97 Å². The summed E-state index contributed by atoms with van der Waals surface area (Å²) < 4.78 is 4.57. The largest absolute Gasteiger partial charge is 0.481 e. The van der Waals surface area contributed by atoms with Crippen molar-refractivity contribution >= 4 is 5.97 Å². The van der Waals surface area contributed by atoms with Crippen molar-refractivity contribution in [3.05, 3.63) is 18.0 Å². The number of carbonyl (C=O) groups is 1. The van der Waals surface area contributed by atoms with E-state index in [1.807, 2.05) is 6.92 Å². The Balaban J connectivity index is 2.56. The van der Waals surface area contributed by atoms with Crippen LogP contribution in [0.2, 0.25) is 0 Å². The molecule has 1 rings (SSSR count). The van der Waals surface area contributed by atoms with Crippen LogP contribution in [0, 0.1) is 0 Å². The lowest BCUT2D eigenvalue weighted by molar-refractivity contribution is -0.137. The molecule has 0 fully saturated rings. The van der Waals surface area contributed by atoms with Crippen molar-refractivity contribution in [1.29, 1.82) is 0 Å². The highest BCUT2D eigenvalue weighted by Gasteiger charge is 2.11. The Morgan fingerprint density at radius 2 is 2.64 bits per heavy atom. The summed E-state index contributed by atoms with van der Waals surface area (Å²) >= 11 is 0. The normalized spacial score (nSPS) is 12.8. The summed E-state index contributed by atoms with van der Waals surface area (Å²) in [5, 5.41) is 11.9. The van der Waals surface area contributed by atoms with Crippen LogP contribution in [0.3, 0.4) is 0 Å². The first kappa shape index (κ1) is 7.78. The molecule has 1 unspecified atom stereocenters. The smallest absolute Gasteiger partial charge is 0.303 e. The number of hydrogen-bond donors (Lipinski definition) is 1. The van der Waals surface area contributed by atoms with E-state index in [-0.39, 0.29) is 12.3 Å². The number of carboxylic acid groups (broad SMARTS) is 1. The zero-order valence-electron chi connectivity index (χ0n) is 6.15. The van der Waals surface area contributed by atoms with Crippen LogP contribution in [0.4, 0.5) is 0 Å². The molecule has 0 aliphatic heterocycles. The van der Waals surface area contributed by atoms with Crippen LogP contribution in [-0.2, 0) is 4.79 Å². The van der Waals surface area contributed by atoms with Crippen LogP contribution in [0.1, 0.15) is 24.8 Å². The van der Waals surface area contributed by atoms with Crippen molar-refractivity contribution in [3.63, 3.8) is 0 Å². The van der Waals surface area contributed by atoms with Crippen molar-refractivity contribution in [2.75, 3.05) is 0 Å². The van der Waals surface area contributed by atoms with Crippen molar-refractivity contribution in [2.45, 2.75) is 19.3 Å². The van der Waals surface area contributed by atoms with Crippen molar-refractivity contribution < 1.29 is 14.4 Å². The molecule has 1 N–H and O–H groups in total. The van der Waals surface area contributed by atoms with Crippen molar-refractivity contribution in [1.82, 2.24) is 5.16 Å². The summed E-state index contributed by atoms with van der Waals surface area (Å²) in [5.74, 6) is -0.836. The summed E-state index contributed by atoms with van der Waals surface area (Å²) in [4.78, 5) is 10.3. The first-order valence-corrected chi connectivity index (χ1v) is 3.31. The van der Waals surface area contributed by atoms with Gasteiger partial charge in [-0.15, -0.1) is 0 Å². The molecule has 0 amide bonds. The van der Waals surface area contributed by atoms with Gasteiger partial charge < -0.3 is 9.63 Å². The summed E-state index contributed by atoms with van der Waals surface area (Å²) in [6.45, 7) is 1.82. The summed E-state index contributed by atoms with van der Waals surface area (Å²) in [5.41, 5.74) is 0.826. The number of aliphatic carboxylic acids is 1. The van der Waals surface area contributed by atoms with Gasteiger partial charge in [-0.3, -0.25) is 4.79 Å². The Morgan fingerprint density at radius 3 is 3.09 bits per heavy atom. The maximum absolute atomic E-state index is 10.3. The summed E-state index contributed by atoms with van der Waals surface area (Å²) in [6.07, 6.45) is 3.11. The molecule has 1 aromatic rings. The molecule has 11 heavy (non-hydrogen) atoms. The molecule has 0 spiro atoms. The van der Waals surface area contributed by atoms with Crippen LogP contribution < -0.4 is 0 Å². The minimum Gasteiger partial charge on any atom is -0.481 e. The number of rotatable bonds is 3. The van der Waals surface area contributed by atoms with E-state index in [9.17, 15) is 4.79 Å². The molecule has 4 heteroatoms. The van der Waals surface area contributed by atoms with E-state index in [4.69, 9.17) is 5.11 Å². The standard InChI is InChI=1S/C7H9NO3/c1-5(2-7(9)10)6-3-8-11-4-6/h3-5H,2H2,1H3,(H,9,10). The Hall–Kier alpha value is -1.32. The van der Waals surface area contributed by atoms with Gasteiger partial charge in [-0.2, -0.15) is 0 Å². The van der Waals surface area contributed by atoms with Gasteiger partial charge in [0.2, 0.25) is 0 Å². The minimum absolute atomic E-state index is 0.0289. The van der Waals surface area contributed by atoms with Gasteiger partial charge in [-0.1, -0.05) is 12.1 Å². The fraction of sp³-hybridized carbons (Fsp3) is 0.429. The molecule has 1 atom stereocenters. The molecule has 4 nitrogen and oxygen atoms in total. The average Bonchev–Trinajstić information content (AvgIpc) is 2.35. The quantitative estimate of drug-likeness (QED) is 0.713. The van der Waals surface area contributed by atoms with Gasteiger partial charge in [0.05, 0.1) is 12.6 Å². The van der Waals surface area contributed by atoms with Gasteiger partial charge in [-0.05, 0) is 5.92 Å². The zero-order chi connectivity index (χ0) is 8.27. The van der Waals surface area contributed by atoms with E-state index < -0.39 is 5.97 Å². The Bertz CT molecular complexity index is 230. The van der Waals surface area contributed by atoms with E-state index >= 15 is 0 Å². The van der Waals surface area contributed by atoms with Gasteiger partial charge in [0, 0.05) is 5.56 Å². The van der Waals surface area contributed by atoms with E-state index in [0.717, 1.165) is 5.56 Å². The van der Waals surface area contributed by atoms with Gasteiger partial charge in [0.1, 0.15) is 6.26 Å². The molecule has 0 saturated heterocycles. The third-order valence-corrected chi connectivity index (χ3v) is 1.50. The van der Waals surface area contributed by atoms with Crippen molar-refractivity contribution in [3.8, 4) is 0 Å². The van der Waals surface area contributed by atoms with Crippen LogP contribution in [0.25, 0.3) is 0 Å². The molecule has 0 saturated carbocycles. The second kappa shape index (κ2) is 3.18. The number of hydrogen-bond acceptors (Lipinski definition) is 3. The summed E-state index contributed by atoms with van der Waals surface area (Å²) in [7, 11) is 0. The Kier molecular flexibility index (Phi) is 2.25. The fourth-order valence-electron chi connectivity index (χ4n) is 0.836. The molecular weight excluding hydrogens is 146 g/mol. The van der Waals surface area contributed by atoms with Gasteiger partial charge in [0.25, 0.3) is 0 Å². The van der Waals surface area contributed by atoms with Crippen LogP contribution in [-0.4, -0.2) is 16.2 Å². The maximum atomic E-state index is 10.3. The lowest BCUT2D eigenvalue weighted by Gasteiger charge is -2.02. The highest BCUT2D eigenvalue weighted by Crippen LogP contribution is 2.17. The first-order valence-electron chi connectivity index (χ1n) is 3.31. The Labute approximate surface area is 63.8 Å². The second-order valence-electron chi connectivity index (χ2n) is 2.46. The second-order valence-corrected chi connectivity index (χ2v) is 2.46. The van der Waals surface area contributed by atoms with Crippen LogP contribution >= 0.6 is 0 Å². The molecule has 1 heterocycles. The topological polar surface area (TPSA) is 63.3 Å². The average molecular weight is 155 g/mol. The predicted molar refractivity (Wildman–Crippen MR) is 37.2 cm³/mol. The first-order chi connectivity index (χ1) is 5.20. The van der Waals surface area contributed by atoms with Crippen LogP contribution in [0.15, 0.2) is 17.0 Å². The molecule has 0 aromatic carbocycles. The van der Waals surface area contributed by atoms with Crippen LogP contribution in [0.5, 0.6) is 0 Å². The van der Waals surface area contributed by atoms with Gasteiger partial charge in [0.15, 0.2) is 0 Å². The molecule has 0 bridgehead atoms. The lowest BCUT2D eigenvalue weighted by Crippen LogP contribution is -2.01. The third-order valence-electron chi connectivity index (χ3n) is 1.50. The number of aromatic nitrogens is 1. The molecule has 0 aliphatic rings. The SMILES string of the molecule is CC(CC(=O)O)c1cnoc1. The highest BCUT2D eigenvalue weighted by atomic mass is 16.5. The van der Waals surface area contributed by atoms with E-state index in [2.05, 4.69) is 9.68 Å². The lowest BCUT2D eigenvalue weighted by atomic mass is 10.0. The number of nitrogens with zero attached hydrogens (tertiary/aromatic N) is 1. The monoisotopic (exact) mass is 155 g/mol. The third kappa shape index (κ3) is 2.07. The molecule has 0 aliphatic carbocycles. The summed E-state index contributed by atoms with van der Waals surface area (Å²) in [6, 6.07) is 0. The molecule has 0 radical (unpaired) electrons. The fourth-order valence-corrected chi connectivity index (χ4v) is 0.836. The highest BCUT2D eigenvalue weighted by molar-refractivity contribution is 5.67. The van der Waals surface area contributed by atoms with E-state index in [1.54, 1.807) is 0 Å². The van der Waals surface area contributed by atoms with Crippen molar-refractivity contribution in [2.24, 2.45) is 0 Å². The zero-order valence-corrected chi connectivity index (χ0v) is 6.15. The predicted octanol–water partition coefficient (Wildman–Crippen LogP) is 1.25. The molecule has 60 valence electrons. The van der Waals surface area contributed by atoms with E-state index in [1.165, 1.54) is 12.5 Å². The maximum Gasteiger partial charge on any atom is 0.303 e. The van der Waals surface area contributed by atoms with E-state index in [0.29, 0.717) is 0 Å². The molecular formula is C7H9NO3. The number of carboxylic acids is 1. The van der Waals surface area contributed by atoms with Gasteiger partial charge in [-0.25, -0.2) is 0 Å². The minimum atomic E-state index is -0.807. The Morgan fingerprint density at radius 1 is 1.91 bits per heavy atom.